The molecule has 0 bridgehead atoms. The van der Waals surface area contributed by atoms with Gasteiger partial charge < -0.3 is 15.7 Å². The quantitative estimate of drug-likeness (QED) is 0.658. The molecular formula is C12H22N2O3. The Morgan fingerprint density at radius 2 is 2.00 bits per heavy atom. The van der Waals surface area contributed by atoms with E-state index in [9.17, 15) is 14.7 Å². The Bertz CT molecular complexity index is 281. The third-order valence-corrected chi connectivity index (χ3v) is 3.28. The lowest BCUT2D eigenvalue weighted by Crippen LogP contribution is -2.50. The Labute approximate surface area is 102 Å². The van der Waals surface area contributed by atoms with Gasteiger partial charge in [-0.15, -0.1) is 0 Å². The van der Waals surface area contributed by atoms with E-state index in [-0.39, 0.29) is 30.4 Å². The van der Waals surface area contributed by atoms with Crippen molar-refractivity contribution >= 4 is 11.8 Å². The summed E-state index contributed by atoms with van der Waals surface area (Å²) < 4.78 is 0. The van der Waals surface area contributed by atoms with Crippen molar-refractivity contribution in [3.8, 4) is 0 Å². The van der Waals surface area contributed by atoms with Gasteiger partial charge in [-0.05, 0) is 19.8 Å². The number of carbonyl (C=O) groups excluding carboxylic acids is 2. The molecule has 0 radical (unpaired) electrons. The van der Waals surface area contributed by atoms with Gasteiger partial charge in [-0.3, -0.25) is 9.59 Å². The number of amides is 2. The molecular weight excluding hydrogens is 220 g/mol. The molecule has 2 amide bonds. The first-order chi connectivity index (χ1) is 8.04. The van der Waals surface area contributed by atoms with Crippen LogP contribution in [-0.2, 0) is 9.59 Å². The van der Waals surface area contributed by atoms with Crippen molar-refractivity contribution < 1.29 is 14.7 Å². The second-order valence-electron chi connectivity index (χ2n) is 4.76. The summed E-state index contributed by atoms with van der Waals surface area (Å²) in [4.78, 5) is 22.6. The largest absolute Gasteiger partial charge is 0.396 e. The number of aliphatic hydroxyl groups is 1. The molecule has 5 heteroatoms. The maximum Gasteiger partial charge on any atom is 0.242 e. The summed E-state index contributed by atoms with van der Waals surface area (Å²) in [6.07, 6.45) is 4.05. The van der Waals surface area contributed by atoms with E-state index >= 15 is 0 Å². The van der Waals surface area contributed by atoms with Gasteiger partial charge in [0.25, 0.3) is 0 Å². The van der Waals surface area contributed by atoms with E-state index < -0.39 is 6.04 Å². The Morgan fingerprint density at radius 1 is 1.35 bits per heavy atom. The highest BCUT2D eigenvalue weighted by atomic mass is 16.3. The van der Waals surface area contributed by atoms with E-state index in [0.717, 1.165) is 25.7 Å². The van der Waals surface area contributed by atoms with Gasteiger partial charge in [-0.1, -0.05) is 12.8 Å². The number of rotatable bonds is 4. The van der Waals surface area contributed by atoms with E-state index in [1.165, 1.54) is 6.92 Å². The first-order valence-corrected chi connectivity index (χ1v) is 6.23. The fourth-order valence-corrected chi connectivity index (χ4v) is 2.29. The molecule has 0 heterocycles. The second-order valence-corrected chi connectivity index (χ2v) is 4.76. The summed E-state index contributed by atoms with van der Waals surface area (Å²) in [5, 5.41) is 14.7. The molecule has 0 aromatic rings. The summed E-state index contributed by atoms with van der Waals surface area (Å²) in [5.41, 5.74) is 0. The first kappa shape index (κ1) is 14.0. The van der Waals surface area contributed by atoms with Crippen molar-refractivity contribution in [1.29, 1.82) is 0 Å². The number of hydrogen-bond donors (Lipinski definition) is 3. The SMILES string of the molecule is CC(=O)NC(C)C(=O)NC1CCCCC1CO. The monoisotopic (exact) mass is 242 g/mol. The van der Waals surface area contributed by atoms with Crippen LogP contribution in [0.3, 0.4) is 0 Å². The molecule has 1 saturated carbocycles. The maximum atomic E-state index is 11.8. The fourth-order valence-electron chi connectivity index (χ4n) is 2.29. The predicted octanol–water partition coefficient (Wildman–Crippen LogP) is 0.178. The van der Waals surface area contributed by atoms with Crippen LogP contribution >= 0.6 is 0 Å². The van der Waals surface area contributed by atoms with Gasteiger partial charge in [0.05, 0.1) is 0 Å². The van der Waals surface area contributed by atoms with E-state index in [4.69, 9.17) is 0 Å². The number of aliphatic hydroxyl groups excluding tert-OH is 1. The molecule has 98 valence electrons. The molecule has 3 atom stereocenters. The minimum absolute atomic E-state index is 0.0393. The van der Waals surface area contributed by atoms with Crippen LogP contribution in [0.2, 0.25) is 0 Å². The van der Waals surface area contributed by atoms with Crippen molar-refractivity contribution in [2.24, 2.45) is 5.92 Å². The third-order valence-electron chi connectivity index (χ3n) is 3.28. The summed E-state index contributed by atoms with van der Waals surface area (Å²) in [7, 11) is 0. The standard InChI is InChI=1S/C12H22N2O3/c1-8(13-9(2)16)12(17)14-11-6-4-3-5-10(11)7-15/h8,10-11,15H,3-7H2,1-2H3,(H,13,16)(H,14,17). The molecule has 17 heavy (non-hydrogen) atoms. The third kappa shape index (κ3) is 4.34. The zero-order valence-corrected chi connectivity index (χ0v) is 10.5. The fraction of sp³-hybridized carbons (Fsp3) is 0.833. The molecule has 1 aliphatic carbocycles. The minimum atomic E-state index is -0.520. The molecule has 3 N–H and O–H groups in total. The summed E-state index contributed by atoms with van der Waals surface area (Å²) in [6.45, 7) is 3.16. The van der Waals surface area contributed by atoms with Gasteiger partial charge in [0.2, 0.25) is 11.8 Å². The van der Waals surface area contributed by atoms with Crippen molar-refractivity contribution in [2.75, 3.05) is 6.61 Å². The van der Waals surface area contributed by atoms with Crippen LogP contribution in [0.4, 0.5) is 0 Å². The van der Waals surface area contributed by atoms with Crippen LogP contribution in [0.5, 0.6) is 0 Å². The second kappa shape index (κ2) is 6.59. The topological polar surface area (TPSA) is 78.4 Å². The number of nitrogens with one attached hydrogen (secondary N) is 2. The van der Waals surface area contributed by atoms with Gasteiger partial charge in [0.1, 0.15) is 6.04 Å². The van der Waals surface area contributed by atoms with Crippen LogP contribution in [0, 0.1) is 5.92 Å². The smallest absolute Gasteiger partial charge is 0.242 e. The normalized spacial score (nSPS) is 26.1. The van der Waals surface area contributed by atoms with E-state index in [1.54, 1.807) is 6.92 Å². The Hall–Kier alpha value is -1.10. The van der Waals surface area contributed by atoms with Crippen molar-refractivity contribution in [1.82, 2.24) is 10.6 Å². The van der Waals surface area contributed by atoms with Crippen LogP contribution in [0.25, 0.3) is 0 Å². The van der Waals surface area contributed by atoms with Crippen molar-refractivity contribution in [2.45, 2.75) is 51.6 Å². The Kier molecular flexibility index (Phi) is 5.41. The van der Waals surface area contributed by atoms with Gasteiger partial charge >= 0.3 is 0 Å². The van der Waals surface area contributed by atoms with Gasteiger partial charge in [-0.2, -0.15) is 0 Å². The molecule has 1 rings (SSSR count). The van der Waals surface area contributed by atoms with E-state index in [2.05, 4.69) is 10.6 Å². The van der Waals surface area contributed by atoms with Crippen molar-refractivity contribution in [3.63, 3.8) is 0 Å². The average molecular weight is 242 g/mol. The van der Waals surface area contributed by atoms with Crippen LogP contribution < -0.4 is 10.6 Å². The predicted molar refractivity (Wildman–Crippen MR) is 64.3 cm³/mol. The Balaban J connectivity index is 2.45. The lowest BCUT2D eigenvalue weighted by molar-refractivity contribution is -0.128. The maximum absolute atomic E-state index is 11.8. The van der Waals surface area contributed by atoms with E-state index in [1.807, 2.05) is 0 Å². The van der Waals surface area contributed by atoms with Gasteiger partial charge in [-0.25, -0.2) is 0 Å². The molecule has 0 aromatic heterocycles. The average Bonchev–Trinajstić information content (AvgIpc) is 2.28. The lowest BCUT2D eigenvalue weighted by Gasteiger charge is -2.31. The summed E-state index contributed by atoms with van der Waals surface area (Å²) >= 11 is 0. The van der Waals surface area contributed by atoms with E-state index in [0.29, 0.717) is 0 Å². The molecule has 0 spiro atoms. The molecule has 0 aliphatic heterocycles. The molecule has 3 unspecified atom stereocenters. The van der Waals surface area contributed by atoms with Gasteiger partial charge in [0.15, 0.2) is 0 Å². The highest BCUT2D eigenvalue weighted by Gasteiger charge is 2.27. The zero-order valence-electron chi connectivity index (χ0n) is 10.5. The van der Waals surface area contributed by atoms with Crippen LogP contribution in [0.15, 0.2) is 0 Å². The van der Waals surface area contributed by atoms with Crippen molar-refractivity contribution in [3.05, 3.63) is 0 Å². The summed E-state index contributed by atoms with van der Waals surface area (Å²) in [5.74, 6) is -0.238. The Morgan fingerprint density at radius 3 is 2.59 bits per heavy atom. The molecule has 0 aromatic carbocycles. The minimum Gasteiger partial charge on any atom is -0.396 e. The highest BCUT2D eigenvalue weighted by molar-refractivity contribution is 5.86. The number of hydrogen-bond acceptors (Lipinski definition) is 3. The molecule has 1 fully saturated rings. The highest BCUT2D eigenvalue weighted by Crippen LogP contribution is 2.23. The molecule has 1 aliphatic rings. The zero-order chi connectivity index (χ0) is 12.8. The van der Waals surface area contributed by atoms with Crippen LogP contribution in [-0.4, -0.2) is 35.6 Å². The number of carbonyl (C=O) groups is 2. The molecule has 5 nitrogen and oxygen atoms in total. The molecule has 0 saturated heterocycles. The summed E-state index contributed by atoms with van der Waals surface area (Å²) in [6, 6.07) is -0.480. The lowest BCUT2D eigenvalue weighted by atomic mass is 9.85. The van der Waals surface area contributed by atoms with Crippen LogP contribution in [0.1, 0.15) is 39.5 Å². The van der Waals surface area contributed by atoms with Gasteiger partial charge in [0, 0.05) is 25.5 Å². The first-order valence-electron chi connectivity index (χ1n) is 6.23.